The van der Waals surface area contributed by atoms with Crippen molar-refractivity contribution in [3.63, 3.8) is 0 Å². The van der Waals surface area contributed by atoms with Crippen LogP contribution in [0.5, 0.6) is 5.75 Å². The van der Waals surface area contributed by atoms with Crippen molar-refractivity contribution in [3.8, 4) is 5.75 Å². The van der Waals surface area contributed by atoms with Crippen molar-refractivity contribution in [1.82, 2.24) is 14.4 Å². The van der Waals surface area contributed by atoms with Gasteiger partial charge in [-0.15, -0.1) is 0 Å². The smallest absolute Gasteiger partial charge is 0.223 e. The van der Waals surface area contributed by atoms with Crippen LogP contribution < -0.4 is 5.43 Å². The fourth-order valence-electron chi connectivity index (χ4n) is 4.55. The molecule has 1 aromatic carbocycles. The maximum Gasteiger partial charge on any atom is 0.223 e. The van der Waals surface area contributed by atoms with Crippen LogP contribution in [0.3, 0.4) is 0 Å². The van der Waals surface area contributed by atoms with Crippen LogP contribution in [-0.2, 0) is 33.1 Å². The molecule has 0 aliphatic carbocycles. The monoisotopic (exact) mass is 381 g/mol. The number of hydrogen-bond acceptors (Lipinski definition) is 4. The lowest BCUT2D eigenvalue weighted by molar-refractivity contribution is 0.232. The van der Waals surface area contributed by atoms with Crippen molar-refractivity contribution in [2.75, 3.05) is 19.6 Å². The van der Waals surface area contributed by atoms with E-state index in [0.717, 1.165) is 50.5 Å². The summed E-state index contributed by atoms with van der Waals surface area (Å²) in [5.41, 5.74) is 4.23. The Morgan fingerprint density at radius 1 is 0.929 bits per heavy atom. The molecule has 28 heavy (non-hydrogen) atoms. The highest BCUT2D eigenvalue weighted by Crippen LogP contribution is 2.23. The predicted octanol–water partition coefficient (Wildman–Crippen LogP) is 3.03. The molecular formula is C23H31N3O2. The lowest BCUT2D eigenvalue weighted by Gasteiger charge is -2.30. The van der Waals surface area contributed by atoms with E-state index in [9.17, 15) is 9.90 Å². The third-order valence-corrected chi connectivity index (χ3v) is 6.31. The van der Waals surface area contributed by atoms with Gasteiger partial charge in [-0.1, -0.05) is 37.1 Å². The first-order chi connectivity index (χ1) is 13.6. The maximum absolute atomic E-state index is 12.5. The predicted molar refractivity (Wildman–Crippen MR) is 111 cm³/mol. The van der Waals surface area contributed by atoms with Gasteiger partial charge in [0.15, 0.2) is 5.75 Å². The fourth-order valence-corrected chi connectivity index (χ4v) is 4.55. The first-order valence-corrected chi connectivity index (χ1v) is 10.5. The highest BCUT2D eigenvalue weighted by Gasteiger charge is 2.21. The summed E-state index contributed by atoms with van der Waals surface area (Å²) >= 11 is 0. The molecule has 2 aliphatic heterocycles. The van der Waals surface area contributed by atoms with Crippen molar-refractivity contribution >= 4 is 0 Å². The highest BCUT2D eigenvalue weighted by molar-refractivity contribution is 5.32. The second kappa shape index (κ2) is 8.50. The van der Waals surface area contributed by atoms with Crippen LogP contribution in [0, 0.1) is 0 Å². The molecule has 150 valence electrons. The molecule has 4 rings (SSSR count). The summed E-state index contributed by atoms with van der Waals surface area (Å²) in [6.45, 7) is 5.36. The lowest BCUT2D eigenvalue weighted by Crippen LogP contribution is -2.33. The van der Waals surface area contributed by atoms with Gasteiger partial charge in [0.05, 0.1) is 5.69 Å². The number of aromatic nitrogens is 1. The largest absolute Gasteiger partial charge is 0.503 e. The maximum atomic E-state index is 12.5. The molecule has 3 heterocycles. The number of likely N-dealkylation sites (tertiary alicyclic amines) is 1. The fraction of sp³-hybridized carbons (Fsp3) is 0.522. The normalized spacial score (nSPS) is 18.6. The molecule has 5 heteroatoms. The summed E-state index contributed by atoms with van der Waals surface area (Å²) in [5, 5.41) is 10.5. The number of hydrogen-bond donors (Lipinski definition) is 1. The van der Waals surface area contributed by atoms with E-state index in [1.165, 1.54) is 36.8 Å². The zero-order chi connectivity index (χ0) is 19.5. The van der Waals surface area contributed by atoms with Gasteiger partial charge in [0.2, 0.25) is 5.43 Å². The molecule has 0 amide bonds. The van der Waals surface area contributed by atoms with Gasteiger partial charge in [0.1, 0.15) is 0 Å². The summed E-state index contributed by atoms with van der Waals surface area (Å²) in [4.78, 5) is 17.2. The SMILES string of the molecule is Cn1c(CN2CCCCCC2)cc(=O)c(O)c1CN1CCc2ccccc2C1. The first-order valence-electron chi connectivity index (χ1n) is 10.5. The van der Waals surface area contributed by atoms with Crippen molar-refractivity contribution in [2.45, 2.75) is 51.7 Å². The van der Waals surface area contributed by atoms with Crippen molar-refractivity contribution in [2.24, 2.45) is 7.05 Å². The molecule has 1 saturated heterocycles. The van der Waals surface area contributed by atoms with Gasteiger partial charge in [-0.25, -0.2) is 0 Å². The standard InChI is InChI=1S/C23H31N3O2/c1-24-20(16-25-11-6-2-3-7-12-25)14-22(27)23(28)21(24)17-26-13-10-18-8-4-5-9-19(18)15-26/h4-5,8-9,14,28H,2-3,6-7,10-13,15-17H2,1H3. The number of benzene rings is 1. The van der Waals surface area contributed by atoms with Crippen molar-refractivity contribution in [1.29, 1.82) is 0 Å². The molecule has 0 spiro atoms. The molecule has 2 aromatic rings. The van der Waals surface area contributed by atoms with Crippen LogP contribution in [0.25, 0.3) is 0 Å². The average molecular weight is 382 g/mol. The average Bonchev–Trinajstić information content (AvgIpc) is 2.98. The number of fused-ring (bicyclic) bond motifs is 1. The summed E-state index contributed by atoms with van der Waals surface area (Å²) in [6.07, 6.45) is 6.07. The van der Waals surface area contributed by atoms with Gasteiger partial charge >= 0.3 is 0 Å². The number of rotatable bonds is 4. The van der Waals surface area contributed by atoms with Crippen molar-refractivity contribution < 1.29 is 5.11 Å². The van der Waals surface area contributed by atoms with Crippen LogP contribution in [0.4, 0.5) is 0 Å². The quantitative estimate of drug-likeness (QED) is 0.884. The van der Waals surface area contributed by atoms with E-state index in [-0.39, 0.29) is 11.2 Å². The van der Waals surface area contributed by atoms with Gasteiger partial charge in [-0.3, -0.25) is 14.6 Å². The molecule has 0 bridgehead atoms. The second-order valence-electron chi connectivity index (χ2n) is 8.27. The van der Waals surface area contributed by atoms with E-state index in [4.69, 9.17) is 0 Å². The molecule has 0 radical (unpaired) electrons. The zero-order valence-corrected chi connectivity index (χ0v) is 16.9. The minimum Gasteiger partial charge on any atom is -0.503 e. The Hall–Kier alpha value is -2.11. The Morgan fingerprint density at radius 2 is 1.64 bits per heavy atom. The molecule has 5 nitrogen and oxygen atoms in total. The number of pyridine rings is 1. The Kier molecular flexibility index (Phi) is 5.83. The minimum atomic E-state index is -0.254. The molecule has 0 unspecified atom stereocenters. The summed E-state index contributed by atoms with van der Waals surface area (Å²) in [6, 6.07) is 10.2. The number of nitrogens with zero attached hydrogens (tertiary/aromatic N) is 3. The Labute approximate surface area is 167 Å². The Morgan fingerprint density at radius 3 is 2.39 bits per heavy atom. The summed E-state index contributed by atoms with van der Waals surface area (Å²) < 4.78 is 2.04. The van der Waals surface area contributed by atoms with Gasteiger partial charge in [-0.05, 0) is 43.5 Å². The Balaban J connectivity index is 1.55. The topological polar surface area (TPSA) is 48.7 Å². The van der Waals surface area contributed by atoms with E-state index in [1.54, 1.807) is 6.07 Å². The van der Waals surface area contributed by atoms with Gasteiger partial charge in [0.25, 0.3) is 0 Å². The van der Waals surface area contributed by atoms with E-state index < -0.39 is 0 Å². The van der Waals surface area contributed by atoms with Gasteiger partial charge < -0.3 is 9.67 Å². The molecule has 2 aliphatic rings. The van der Waals surface area contributed by atoms with E-state index in [1.807, 2.05) is 11.6 Å². The summed E-state index contributed by atoms with van der Waals surface area (Å²) in [5.74, 6) is -0.0963. The molecule has 1 fully saturated rings. The second-order valence-corrected chi connectivity index (χ2v) is 8.27. The Bertz CT molecular complexity index is 882. The lowest BCUT2D eigenvalue weighted by atomic mass is 10.00. The third kappa shape index (κ3) is 4.15. The number of aromatic hydroxyl groups is 1. The van der Waals surface area contributed by atoms with Crippen LogP contribution in [0.15, 0.2) is 35.1 Å². The molecule has 1 N–H and O–H groups in total. The minimum absolute atomic E-state index is 0.0963. The highest BCUT2D eigenvalue weighted by atomic mass is 16.3. The first kappa shape index (κ1) is 19.2. The van der Waals surface area contributed by atoms with Crippen molar-refractivity contribution in [3.05, 3.63) is 63.1 Å². The van der Waals surface area contributed by atoms with Crippen LogP contribution >= 0.6 is 0 Å². The van der Waals surface area contributed by atoms with Gasteiger partial charge in [-0.2, -0.15) is 0 Å². The summed E-state index contributed by atoms with van der Waals surface area (Å²) in [7, 11) is 1.99. The van der Waals surface area contributed by atoms with E-state index >= 15 is 0 Å². The van der Waals surface area contributed by atoms with E-state index in [2.05, 4.69) is 34.1 Å². The van der Waals surface area contributed by atoms with Crippen LogP contribution in [0.2, 0.25) is 0 Å². The zero-order valence-electron chi connectivity index (χ0n) is 16.9. The van der Waals surface area contributed by atoms with Crippen LogP contribution in [0.1, 0.15) is 48.2 Å². The molecule has 0 saturated carbocycles. The molecular weight excluding hydrogens is 350 g/mol. The van der Waals surface area contributed by atoms with Gasteiger partial charge in [0, 0.05) is 45.0 Å². The van der Waals surface area contributed by atoms with E-state index in [0.29, 0.717) is 6.54 Å². The molecule has 1 aromatic heterocycles. The third-order valence-electron chi connectivity index (χ3n) is 6.31. The molecule has 0 atom stereocenters. The van der Waals surface area contributed by atoms with Crippen LogP contribution in [-0.4, -0.2) is 39.1 Å².